The number of benzene rings is 1. The Bertz CT molecular complexity index is 452. The second-order valence-corrected chi connectivity index (χ2v) is 3.09. The Morgan fingerprint density at radius 2 is 1.71 bits per heavy atom. The van der Waals surface area contributed by atoms with Crippen molar-refractivity contribution in [3.8, 4) is 17.2 Å². The van der Waals surface area contributed by atoms with Gasteiger partial charge in [0.2, 0.25) is 5.75 Å². The van der Waals surface area contributed by atoms with Crippen LogP contribution in [0.5, 0.6) is 17.2 Å². The van der Waals surface area contributed by atoms with Crippen LogP contribution < -0.4 is 19.3 Å². The van der Waals surface area contributed by atoms with E-state index >= 15 is 0 Å². The monoisotopic (exact) mass is 239 g/mol. The number of carbonyl (C=O) groups excluding carboxylic acids is 2. The number of esters is 1. The molecule has 0 N–H and O–H groups in total. The Kier molecular flexibility index (Phi) is 3.92. The normalized spacial score (nSPS) is 9.59. The van der Waals surface area contributed by atoms with E-state index in [1.807, 2.05) is 0 Å². The van der Waals surface area contributed by atoms with E-state index in [-0.39, 0.29) is 22.8 Å². The van der Waals surface area contributed by atoms with Crippen LogP contribution in [-0.4, -0.2) is 26.2 Å². The lowest BCUT2D eigenvalue weighted by Gasteiger charge is -2.14. The number of ether oxygens (including phenoxy) is 3. The van der Waals surface area contributed by atoms with E-state index in [1.54, 1.807) is 0 Å². The fraction of sp³-hybridized carbons (Fsp3) is 0.273. The minimum absolute atomic E-state index is 0.0291. The van der Waals surface area contributed by atoms with E-state index in [0.717, 1.165) is 6.07 Å². The smallest absolute Gasteiger partial charge is 0.308 e. The van der Waals surface area contributed by atoms with Crippen molar-refractivity contribution in [1.29, 1.82) is 0 Å². The van der Waals surface area contributed by atoms with Gasteiger partial charge >= 0.3 is 5.97 Å². The van der Waals surface area contributed by atoms with Crippen molar-refractivity contribution >= 4 is 11.9 Å². The Morgan fingerprint density at radius 3 is 2.12 bits per heavy atom. The summed E-state index contributed by atoms with van der Waals surface area (Å²) in [5, 5.41) is 10.8. The number of carbonyl (C=O) groups is 2. The summed E-state index contributed by atoms with van der Waals surface area (Å²) < 4.78 is 14.8. The number of carboxylic acids is 1. The summed E-state index contributed by atoms with van der Waals surface area (Å²) >= 11 is 0. The molecule has 0 bridgehead atoms. The van der Waals surface area contributed by atoms with Crippen LogP contribution in [0.15, 0.2) is 12.1 Å². The highest BCUT2D eigenvalue weighted by molar-refractivity contribution is 5.88. The summed E-state index contributed by atoms with van der Waals surface area (Å²) in [6.07, 6.45) is 0. The quantitative estimate of drug-likeness (QED) is 0.542. The molecule has 0 aliphatic heterocycles. The number of methoxy groups -OCH3 is 2. The van der Waals surface area contributed by atoms with Gasteiger partial charge in [-0.25, -0.2) is 0 Å². The van der Waals surface area contributed by atoms with Crippen LogP contribution >= 0.6 is 0 Å². The highest BCUT2D eigenvalue weighted by Crippen LogP contribution is 2.38. The van der Waals surface area contributed by atoms with Gasteiger partial charge in [-0.3, -0.25) is 4.79 Å². The highest BCUT2D eigenvalue weighted by atomic mass is 16.6. The predicted molar refractivity (Wildman–Crippen MR) is 55.2 cm³/mol. The molecular weight excluding hydrogens is 228 g/mol. The van der Waals surface area contributed by atoms with Crippen LogP contribution in [0.2, 0.25) is 0 Å². The molecule has 0 amide bonds. The number of hydrogen-bond acceptors (Lipinski definition) is 6. The van der Waals surface area contributed by atoms with Crippen molar-refractivity contribution in [2.75, 3.05) is 14.2 Å². The Morgan fingerprint density at radius 1 is 1.12 bits per heavy atom. The number of carboxylic acid groups (broad SMARTS) is 1. The summed E-state index contributed by atoms with van der Waals surface area (Å²) in [7, 11) is 2.69. The number of aromatic carboxylic acids is 1. The average Bonchev–Trinajstić information content (AvgIpc) is 2.26. The standard InChI is InChI=1S/C11H12O6/c1-6(12)17-9-5-7(11(13)14)4-8(15-2)10(9)16-3/h4-5H,1-3H3,(H,13,14)/p-1. The van der Waals surface area contributed by atoms with Gasteiger partial charge in [0.25, 0.3) is 0 Å². The van der Waals surface area contributed by atoms with Gasteiger partial charge in [0.1, 0.15) is 0 Å². The van der Waals surface area contributed by atoms with Crippen LogP contribution in [0.25, 0.3) is 0 Å². The average molecular weight is 239 g/mol. The van der Waals surface area contributed by atoms with Gasteiger partial charge in [-0.05, 0) is 12.1 Å². The maximum Gasteiger partial charge on any atom is 0.308 e. The zero-order valence-electron chi connectivity index (χ0n) is 9.60. The van der Waals surface area contributed by atoms with Crippen molar-refractivity contribution < 1.29 is 28.9 Å². The van der Waals surface area contributed by atoms with Crippen LogP contribution in [0, 0.1) is 0 Å². The minimum atomic E-state index is -1.40. The topological polar surface area (TPSA) is 84.9 Å². The fourth-order valence-corrected chi connectivity index (χ4v) is 1.28. The van der Waals surface area contributed by atoms with Crippen LogP contribution in [0.3, 0.4) is 0 Å². The molecule has 0 spiro atoms. The van der Waals surface area contributed by atoms with E-state index in [2.05, 4.69) is 0 Å². The van der Waals surface area contributed by atoms with Crippen LogP contribution in [0.1, 0.15) is 17.3 Å². The molecular formula is C11H11O6-. The zero-order valence-corrected chi connectivity index (χ0v) is 9.60. The first kappa shape index (κ1) is 12.8. The second kappa shape index (κ2) is 5.20. The summed E-state index contributed by atoms with van der Waals surface area (Å²) in [6, 6.07) is 2.36. The predicted octanol–water partition coefficient (Wildman–Crippen LogP) is -0.00740. The van der Waals surface area contributed by atoms with E-state index < -0.39 is 11.9 Å². The first-order valence-corrected chi connectivity index (χ1v) is 4.65. The number of rotatable bonds is 4. The fourth-order valence-electron chi connectivity index (χ4n) is 1.28. The minimum Gasteiger partial charge on any atom is -0.545 e. The lowest BCUT2D eigenvalue weighted by molar-refractivity contribution is -0.255. The second-order valence-electron chi connectivity index (χ2n) is 3.09. The van der Waals surface area contributed by atoms with Crippen molar-refractivity contribution in [3.63, 3.8) is 0 Å². The third-order valence-electron chi connectivity index (χ3n) is 1.93. The molecule has 92 valence electrons. The maximum absolute atomic E-state index is 10.9. The Balaban J connectivity index is 3.36. The lowest BCUT2D eigenvalue weighted by atomic mass is 10.2. The molecule has 0 fully saturated rings. The van der Waals surface area contributed by atoms with E-state index in [9.17, 15) is 14.7 Å². The third kappa shape index (κ3) is 2.87. The lowest BCUT2D eigenvalue weighted by Crippen LogP contribution is -2.22. The summed E-state index contributed by atoms with van der Waals surface area (Å²) in [5.41, 5.74) is -0.168. The number of hydrogen-bond donors (Lipinski definition) is 0. The van der Waals surface area contributed by atoms with Crippen molar-refractivity contribution in [2.24, 2.45) is 0 Å². The largest absolute Gasteiger partial charge is 0.545 e. The van der Waals surface area contributed by atoms with Crippen molar-refractivity contribution in [2.45, 2.75) is 6.92 Å². The molecule has 1 aromatic rings. The summed E-state index contributed by atoms with van der Waals surface area (Å²) in [6.45, 7) is 1.19. The van der Waals surface area contributed by atoms with Crippen LogP contribution in [0.4, 0.5) is 0 Å². The molecule has 1 rings (SSSR count). The van der Waals surface area contributed by atoms with Crippen LogP contribution in [-0.2, 0) is 4.79 Å². The molecule has 0 saturated heterocycles. The molecule has 0 unspecified atom stereocenters. The molecule has 0 saturated carbocycles. The van der Waals surface area contributed by atoms with Gasteiger partial charge < -0.3 is 24.1 Å². The molecule has 0 aromatic heterocycles. The molecule has 0 aliphatic rings. The molecule has 6 nitrogen and oxygen atoms in total. The van der Waals surface area contributed by atoms with E-state index in [0.29, 0.717) is 0 Å². The van der Waals surface area contributed by atoms with Gasteiger partial charge in [0.15, 0.2) is 11.5 Å². The first-order valence-electron chi connectivity index (χ1n) is 4.65. The molecule has 6 heteroatoms. The molecule has 0 atom stereocenters. The molecule has 0 heterocycles. The zero-order chi connectivity index (χ0) is 13.0. The Labute approximate surface area is 97.7 Å². The summed E-state index contributed by atoms with van der Waals surface area (Å²) in [4.78, 5) is 21.6. The first-order chi connectivity index (χ1) is 7.99. The van der Waals surface area contributed by atoms with Crippen molar-refractivity contribution in [3.05, 3.63) is 17.7 Å². The Hall–Kier alpha value is -2.24. The van der Waals surface area contributed by atoms with E-state index in [1.165, 1.54) is 27.2 Å². The summed E-state index contributed by atoms with van der Waals surface area (Å²) in [5.74, 6) is -1.74. The van der Waals surface area contributed by atoms with Gasteiger partial charge in [0, 0.05) is 12.5 Å². The maximum atomic E-state index is 10.9. The van der Waals surface area contributed by atoms with Gasteiger partial charge in [-0.1, -0.05) is 0 Å². The van der Waals surface area contributed by atoms with E-state index in [4.69, 9.17) is 14.2 Å². The van der Waals surface area contributed by atoms with Gasteiger partial charge in [0.05, 0.1) is 20.2 Å². The highest BCUT2D eigenvalue weighted by Gasteiger charge is 2.15. The molecule has 0 radical (unpaired) electrons. The molecule has 1 aromatic carbocycles. The molecule has 0 aliphatic carbocycles. The SMILES string of the molecule is COc1cc(C(=O)[O-])cc(OC(C)=O)c1OC. The van der Waals surface area contributed by atoms with Gasteiger partial charge in [-0.15, -0.1) is 0 Å². The molecule has 17 heavy (non-hydrogen) atoms. The third-order valence-corrected chi connectivity index (χ3v) is 1.93. The van der Waals surface area contributed by atoms with Crippen molar-refractivity contribution in [1.82, 2.24) is 0 Å². The van der Waals surface area contributed by atoms with Gasteiger partial charge in [-0.2, -0.15) is 0 Å².